The molecule has 6 nitrogen and oxygen atoms in total. The van der Waals surface area contributed by atoms with E-state index in [9.17, 15) is 18.7 Å². The fourth-order valence-electron chi connectivity index (χ4n) is 2.79. The number of rotatable bonds is 3. The van der Waals surface area contributed by atoms with Crippen molar-refractivity contribution in [3.05, 3.63) is 40.9 Å². The van der Waals surface area contributed by atoms with E-state index in [0.717, 1.165) is 5.56 Å². The zero-order valence-electron chi connectivity index (χ0n) is 12.6. The van der Waals surface area contributed by atoms with Crippen molar-refractivity contribution in [1.82, 2.24) is 20.8 Å². The van der Waals surface area contributed by atoms with Gasteiger partial charge in [0.25, 0.3) is 12.0 Å². The van der Waals surface area contributed by atoms with Crippen LogP contribution in [-0.4, -0.2) is 27.6 Å². The van der Waals surface area contributed by atoms with Gasteiger partial charge in [-0.25, -0.2) is 0 Å². The van der Waals surface area contributed by atoms with Crippen LogP contribution < -0.4 is 10.6 Å². The number of halogens is 2. The van der Waals surface area contributed by atoms with Crippen LogP contribution in [0, 0.1) is 12.8 Å². The molecule has 0 bridgehead atoms. The fourth-order valence-corrected chi connectivity index (χ4v) is 2.79. The maximum atomic E-state index is 12.7. The summed E-state index contributed by atoms with van der Waals surface area (Å²) >= 11 is 0. The molecular weight excluding hydrogens is 306 g/mol. The normalized spacial score (nSPS) is 26.0. The summed E-state index contributed by atoms with van der Waals surface area (Å²) in [6.45, 7) is 3.21. The summed E-state index contributed by atoms with van der Waals surface area (Å²) in [5.41, 5.74) is 2.17. The van der Waals surface area contributed by atoms with Gasteiger partial charge in [0.2, 0.25) is 6.35 Å². The smallest absolute Gasteiger partial charge is 0.269 e. The van der Waals surface area contributed by atoms with Crippen LogP contribution in [0.25, 0.3) is 5.57 Å². The number of nitrogens with one attached hydrogen (secondary N) is 2. The highest BCUT2D eigenvalue weighted by Crippen LogP contribution is 2.53. The molecule has 2 aliphatic rings. The molecule has 23 heavy (non-hydrogen) atoms. The first kappa shape index (κ1) is 15.5. The van der Waals surface area contributed by atoms with Gasteiger partial charge in [0, 0.05) is 6.20 Å². The van der Waals surface area contributed by atoms with Gasteiger partial charge in [-0.2, -0.15) is 13.9 Å². The largest absolute Gasteiger partial charge is 0.356 e. The van der Waals surface area contributed by atoms with Crippen molar-refractivity contribution in [2.24, 2.45) is 5.92 Å². The number of aromatic nitrogens is 2. The van der Waals surface area contributed by atoms with E-state index in [1.165, 1.54) is 13.1 Å². The number of hydrogen-bond donors (Lipinski definition) is 3. The molecule has 1 saturated carbocycles. The molecule has 0 radical (unpaired) electrons. The van der Waals surface area contributed by atoms with E-state index >= 15 is 0 Å². The number of aliphatic hydroxyl groups excluding tert-OH is 1. The van der Waals surface area contributed by atoms with Crippen molar-refractivity contribution in [1.29, 1.82) is 0 Å². The summed E-state index contributed by atoms with van der Waals surface area (Å²) in [6, 6.07) is 1.71. The van der Waals surface area contributed by atoms with Crippen molar-refractivity contribution in [2.75, 3.05) is 0 Å². The maximum Gasteiger partial charge on any atom is 0.269 e. The van der Waals surface area contributed by atoms with Crippen molar-refractivity contribution in [2.45, 2.75) is 32.5 Å². The standard InChI is InChI=1S/C15H16F2N4O2/c1-6(13(16)17)8-3-10(8)9-4-12(21-20-7(9)2)11-5-18-15(23)19-14(11)22/h4-5,8,10,15,18,23H,3H2,1-2H3,(H,19,22)/t8-,10+,15?/m1/s1. The Morgan fingerprint density at radius 3 is 2.78 bits per heavy atom. The molecule has 122 valence electrons. The van der Waals surface area contributed by atoms with E-state index in [0.29, 0.717) is 17.8 Å². The van der Waals surface area contributed by atoms with Crippen molar-refractivity contribution in [3.63, 3.8) is 0 Å². The number of amides is 1. The third kappa shape index (κ3) is 2.94. The molecular formula is C15H16F2N4O2. The van der Waals surface area contributed by atoms with E-state index in [1.807, 2.05) is 0 Å². The van der Waals surface area contributed by atoms with Gasteiger partial charge in [-0.3, -0.25) is 4.79 Å². The molecule has 0 spiro atoms. The molecule has 2 heterocycles. The number of carbonyl (C=O) groups is 1. The minimum atomic E-state index is -1.63. The third-order valence-electron chi connectivity index (χ3n) is 4.24. The lowest BCUT2D eigenvalue weighted by molar-refractivity contribution is -0.119. The van der Waals surface area contributed by atoms with Gasteiger partial charge < -0.3 is 15.7 Å². The lowest BCUT2D eigenvalue weighted by atomic mass is 10.0. The van der Waals surface area contributed by atoms with Gasteiger partial charge >= 0.3 is 0 Å². The third-order valence-corrected chi connectivity index (χ3v) is 4.24. The van der Waals surface area contributed by atoms with E-state index in [-0.39, 0.29) is 23.0 Å². The Balaban J connectivity index is 1.90. The highest BCUT2D eigenvalue weighted by atomic mass is 19.3. The predicted octanol–water partition coefficient (Wildman–Crippen LogP) is 1.40. The van der Waals surface area contributed by atoms with Crippen molar-refractivity contribution < 1.29 is 18.7 Å². The molecule has 1 aromatic heterocycles. The minimum absolute atomic E-state index is 0.0310. The second-order valence-corrected chi connectivity index (χ2v) is 5.76. The van der Waals surface area contributed by atoms with Gasteiger partial charge in [-0.1, -0.05) is 0 Å². The minimum Gasteiger partial charge on any atom is -0.356 e. The molecule has 1 aliphatic heterocycles. The Kier molecular flexibility index (Phi) is 3.85. The lowest BCUT2D eigenvalue weighted by Crippen LogP contribution is -2.47. The van der Waals surface area contributed by atoms with Crippen LogP contribution in [0.15, 0.2) is 23.9 Å². The quantitative estimate of drug-likeness (QED) is 0.783. The molecule has 3 atom stereocenters. The molecule has 1 unspecified atom stereocenters. The molecule has 8 heteroatoms. The summed E-state index contributed by atoms with van der Waals surface area (Å²) in [4.78, 5) is 11.9. The molecule has 1 aliphatic carbocycles. The number of nitrogens with zero attached hydrogens (tertiary/aromatic N) is 2. The van der Waals surface area contributed by atoms with Crippen LogP contribution in [0.5, 0.6) is 0 Å². The van der Waals surface area contributed by atoms with Crippen LogP contribution in [0.4, 0.5) is 8.78 Å². The Labute approximate surface area is 131 Å². The Hall–Kier alpha value is -2.35. The zero-order chi connectivity index (χ0) is 16.7. The maximum absolute atomic E-state index is 12.7. The van der Waals surface area contributed by atoms with Gasteiger partial charge in [-0.15, -0.1) is 5.10 Å². The summed E-state index contributed by atoms with van der Waals surface area (Å²) in [7, 11) is 0. The number of hydrogen-bond acceptors (Lipinski definition) is 5. The number of allylic oxidation sites excluding steroid dienone is 1. The molecule has 1 aromatic rings. The van der Waals surface area contributed by atoms with E-state index in [2.05, 4.69) is 20.8 Å². The average molecular weight is 322 g/mol. The predicted molar refractivity (Wildman–Crippen MR) is 77.8 cm³/mol. The Morgan fingerprint density at radius 2 is 2.13 bits per heavy atom. The van der Waals surface area contributed by atoms with E-state index in [4.69, 9.17) is 0 Å². The Bertz CT molecular complexity index is 728. The van der Waals surface area contributed by atoms with Crippen LogP contribution in [0.1, 0.15) is 36.2 Å². The first-order chi connectivity index (χ1) is 10.9. The van der Waals surface area contributed by atoms with Crippen LogP contribution >= 0.6 is 0 Å². The number of aliphatic hydroxyl groups is 1. The number of aryl methyl sites for hydroxylation is 1. The summed E-state index contributed by atoms with van der Waals surface area (Å²) in [5, 5.41) is 22.2. The number of carbonyl (C=O) groups excluding carboxylic acids is 1. The molecule has 0 saturated heterocycles. The second kappa shape index (κ2) is 5.69. The summed E-state index contributed by atoms with van der Waals surface area (Å²) in [6.07, 6.45) is -0.775. The molecule has 0 aromatic carbocycles. The van der Waals surface area contributed by atoms with Crippen LogP contribution in [0.2, 0.25) is 0 Å². The second-order valence-electron chi connectivity index (χ2n) is 5.76. The van der Waals surface area contributed by atoms with Crippen LogP contribution in [0.3, 0.4) is 0 Å². The average Bonchev–Trinajstić information content (AvgIpc) is 3.27. The van der Waals surface area contributed by atoms with E-state index in [1.54, 1.807) is 13.0 Å². The van der Waals surface area contributed by atoms with E-state index < -0.39 is 18.3 Å². The molecule has 3 rings (SSSR count). The fraction of sp³-hybridized carbons (Fsp3) is 0.400. The van der Waals surface area contributed by atoms with Gasteiger partial charge in [0.15, 0.2) is 0 Å². The topological polar surface area (TPSA) is 87.1 Å². The highest BCUT2D eigenvalue weighted by Gasteiger charge is 2.42. The first-order valence-corrected chi connectivity index (χ1v) is 7.20. The zero-order valence-corrected chi connectivity index (χ0v) is 12.6. The monoisotopic (exact) mass is 322 g/mol. The van der Waals surface area contributed by atoms with Gasteiger partial charge in [-0.05, 0) is 49.3 Å². The summed E-state index contributed by atoms with van der Waals surface area (Å²) in [5.74, 6) is -0.694. The SMILES string of the molecule is CC(=C(F)F)[C@H]1C[C@@H]1c1cc(C2=CNC(O)NC2=O)nnc1C. The van der Waals surface area contributed by atoms with Crippen LogP contribution in [-0.2, 0) is 4.79 Å². The molecule has 3 N–H and O–H groups in total. The van der Waals surface area contributed by atoms with Gasteiger partial charge in [0.05, 0.1) is 11.3 Å². The lowest BCUT2D eigenvalue weighted by Gasteiger charge is -2.20. The molecule has 1 fully saturated rings. The van der Waals surface area contributed by atoms with Crippen molar-refractivity contribution in [3.8, 4) is 0 Å². The Morgan fingerprint density at radius 1 is 1.39 bits per heavy atom. The highest BCUT2D eigenvalue weighted by molar-refractivity contribution is 6.19. The molecule has 1 amide bonds. The first-order valence-electron chi connectivity index (χ1n) is 7.20. The van der Waals surface area contributed by atoms with Gasteiger partial charge in [0.1, 0.15) is 5.69 Å². The van der Waals surface area contributed by atoms with Crippen molar-refractivity contribution >= 4 is 11.5 Å². The summed E-state index contributed by atoms with van der Waals surface area (Å²) < 4.78 is 25.4.